The number of carbonyl (C=O) groups excluding carboxylic acids is 1. The first kappa shape index (κ1) is 20.8. The molecule has 0 atom stereocenters. The van der Waals surface area contributed by atoms with Crippen LogP contribution in [0.25, 0.3) is 0 Å². The number of alkyl halides is 2. The predicted molar refractivity (Wildman–Crippen MR) is 104 cm³/mol. The molecule has 1 heterocycles. The summed E-state index contributed by atoms with van der Waals surface area (Å²) >= 11 is 12.2. The largest absolute Gasteiger partial charge is 0.367 e. The van der Waals surface area contributed by atoms with Crippen LogP contribution in [-0.4, -0.2) is 51.2 Å². The molecule has 3 rings (SSSR count). The Morgan fingerprint density at radius 3 is 2.07 bits per heavy atom. The second-order valence-corrected chi connectivity index (χ2v) is 8.85. The summed E-state index contributed by atoms with van der Waals surface area (Å²) in [5.74, 6) is -3.83. The average Bonchev–Trinajstić information content (AvgIpc) is 2.67. The van der Waals surface area contributed by atoms with E-state index >= 15 is 0 Å². The van der Waals surface area contributed by atoms with E-state index < -0.39 is 20.5 Å². The zero-order valence-electron chi connectivity index (χ0n) is 14.5. The Morgan fingerprint density at radius 1 is 0.929 bits per heavy atom. The maximum absolute atomic E-state index is 13.0. The Hall–Kier alpha value is -1.90. The van der Waals surface area contributed by atoms with Crippen molar-refractivity contribution in [2.45, 2.75) is 10.7 Å². The number of rotatable bonds is 4. The van der Waals surface area contributed by atoms with Crippen LogP contribution < -0.4 is 4.90 Å². The molecule has 0 aromatic heterocycles. The minimum Gasteiger partial charge on any atom is -0.367 e. The van der Waals surface area contributed by atoms with E-state index in [1.807, 2.05) is 0 Å². The number of amides is 1. The van der Waals surface area contributed by atoms with Gasteiger partial charge in [-0.05, 0) is 24.3 Å². The lowest BCUT2D eigenvalue weighted by molar-refractivity contribution is 0.0747. The lowest BCUT2D eigenvalue weighted by Crippen LogP contribution is -2.49. The molecule has 1 aliphatic rings. The zero-order valence-corrected chi connectivity index (χ0v) is 16.8. The van der Waals surface area contributed by atoms with Gasteiger partial charge in [0.1, 0.15) is 0 Å². The van der Waals surface area contributed by atoms with Crippen LogP contribution in [0.5, 0.6) is 0 Å². The van der Waals surface area contributed by atoms with E-state index in [-0.39, 0.29) is 53.4 Å². The third-order valence-electron chi connectivity index (χ3n) is 4.49. The fraction of sp³-hybridized carbons (Fsp3) is 0.278. The summed E-state index contributed by atoms with van der Waals surface area (Å²) in [6.07, 6.45) is 0. The molecule has 10 heteroatoms. The highest BCUT2D eigenvalue weighted by Crippen LogP contribution is 2.31. The smallest absolute Gasteiger partial charge is 0.341 e. The van der Waals surface area contributed by atoms with Crippen molar-refractivity contribution in [3.8, 4) is 0 Å². The first-order valence-corrected chi connectivity index (χ1v) is 10.6. The molecule has 1 fully saturated rings. The Labute approximate surface area is 171 Å². The van der Waals surface area contributed by atoms with Gasteiger partial charge in [0.05, 0.1) is 26.2 Å². The highest BCUT2D eigenvalue weighted by molar-refractivity contribution is 7.91. The molecular weight excluding hydrogens is 433 g/mol. The number of hydrogen-bond donors (Lipinski definition) is 0. The Morgan fingerprint density at radius 2 is 1.50 bits per heavy atom. The van der Waals surface area contributed by atoms with Gasteiger partial charge in [-0.1, -0.05) is 41.4 Å². The van der Waals surface area contributed by atoms with Crippen molar-refractivity contribution in [3.63, 3.8) is 0 Å². The lowest BCUT2D eigenvalue weighted by atomic mass is 10.1. The van der Waals surface area contributed by atoms with Crippen molar-refractivity contribution in [1.82, 2.24) is 4.90 Å². The van der Waals surface area contributed by atoms with Crippen LogP contribution in [0.4, 0.5) is 14.5 Å². The molecule has 5 nitrogen and oxygen atoms in total. The zero-order chi connectivity index (χ0) is 20.5. The van der Waals surface area contributed by atoms with E-state index in [0.717, 1.165) is 6.07 Å². The summed E-state index contributed by atoms with van der Waals surface area (Å²) in [7, 11) is -4.73. The number of anilines is 1. The predicted octanol–water partition coefficient (Wildman–Crippen LogP) is 3.95. The van der Waals surface area contributed by atoms with Gasteiger partial charge in [0.25, 0.3) is 5.91 Å². The summed E-state index contributed by atoms with van der Waals surface area (Å²) in [5, 5.41) is 0.488. The second kappa shape index (κ2) is 8.23. The van der Waals surface area contributed by atoms with Crippen LogP contribution in [0.1, 0.15) is 10.4 Å². The van der Waals surface area contributed by atoms with Crippen molar-refractivity contribution in [1.29, 1.82) is 0 Å². The number of benzene rings is 2. The standard InChI is InChI=1S/C18H16Cl2F2N2O3S/c19-12-4-3-5-13(20)16(12)17(25)24-10-8-23(9-11-24)14-6-1-2-7-15(14)28(26,27)18(21)22/h1-7,18H,8-11H2. The molecule has 0 radical (unpaired) electrons. The van der Waals surface area contributed by atoms with Crippen molar-refractivity contribution in [3.05, 3.63) is 58.1 Å². The van der Waals surface area contributed by atoms with Crippen molar-refractivity contribution in [2.24, 2.45) is 0 Å². The van der Waals surface area contributed by atoms with Gasteiger partial charge in [-0.15, -0.1) is 0 Å². The van der Waals surface area contributed by atoms with Gasteiger partial charge in [-0.2, -0.15) is 8.78 Å². The first-order chi connectivity index (χ1) is 13.2. The SMILES string of the molecule is O=C(c1c(Cl)cccc1Cl)N1CCN(c2ccccc2S(=O)(=O)C(F)F)CC1. The van der Waals surface area contributed by atoms with Crippen LogP contribution in [0, 0.1) is 0 Å². The average molecular weight is 449 g/mol. The van der Waals surface area contributed by atoms with Gasteiger partial charge >= 0.3 is 5.76 Å². The summed E-state index contributed by atoms with van der Waals surface area (Å²) in [5.41, 5.74) is 0.408. The summed E-state index contributed by atoms with van der Waals surface area (Å²) in [4.78, 5) is 15.5. The number of halogens is 4. The van der Waals surface area contributed by atoms with Crippen LogP contribution in [0.3, 0.4) is 0 Å². The molecule has 0 aliphatic carbocycles. The van der Waals surface area contributed by atoms with Crippen LogP contribution in [0.2, 0.25) is 10.0 Å². The summed E-state index contributed by atoms with van der Waals surface area (Å²) < 4.78 is 49.9. The van der Waals surface area contributed by atoms with Gasteiger partial charge < -0.3 is 9.80 Å². The molecule has 2 aromatic carbocycles. The van der Waals surface area contributed by atoms with Crippen LogP contribution >= 0.6 is 23.2 Å². The number of sulfone groups is 1. The molecule has 0 saturated carbocycles. The maximum atomic E-state index is 13.0. The van der Waals surface area contributed by atoms with E-state index in [2.05, 4.69) is 0 Å². The van der Waals surface area contributed by atoms with Crippen LogP contribution in [-0.2, 0) is 9.84 Å². The van der Waals surface area contributed by atoms with Crippen molar-refractivity contribution >= 4 is 44.6 Å². The third kappa shape index (κ3) is 3.94. The Kier molecular flexibility index (Phi) is 6.12. The molecule has 150 valence electrons. The molecule has 0 spiro atoms. The second-order valence-electron chi connectivity index (χ2n) is 6.15. The Bertz CT molecular complexity index is 974. The van der Waals surface area contributed by atoms with Crippen molar-refractivity contribution < 1.29 is 22.0 Å². The minimum atomic E-state index is -4.73. The molecule has 0 bridgehead atoms. The van der Waals surface area contributed by atoms with Gasteiger partial charge in [-0.25, -0.2) is 8.42 Å². The van der Waals surface area contributed by atoms with E-state index in [1.165, 1.54) is 12.1 Å². The Balaban J connectivity index is 1.80. The fourth-order valence-electron chi connectivity index (χ4n) is 3.07. The topological polar surface area (TPSA) is 57.7 Å². The lowest BCUT2D eigenvalue weighted by Gasteiger charge is -2.37. The molecule has 1 aliphatic heterocycles. The van der Waals surface area contributed by atoms with Crippen molar-refractivity contribution in [2.75, 3.05) is 31.1 Å². The summed E-state index contributed by atoms with van der Waals surface area (Å²) in [6.45, 7) is 1.10. The highest BCUT2D eigenvalue weighted by Gasteiger charge is 2.32. The number of para-hydroxylation sites is 1. The molecule has 2 aromatic rings. The maximum Gasteiger partial charge on any atom is 0.341 e. The van der Waals surface area contributed by atoms with Gasteiger partial charge in [0, 0.05) is 26.2 Å². The fourth-order valence-corrected chi connectivity index (χ4v) is 4.57. The molecular formula is C18H16Cl2F2N2O3S. The quantitative estimate of drug-likeness (QED) is 0.710. The van der Waals surface area contributed by atoms with E-state index in [1.54, 1.807) is 34.1 Å². The van der Waals surface area contributed by atoms with Crippen LogP contribution in [0.15, 0.2) is 47.4 Å². The minimum absolute atomic E-state index is 0.200. The molecule has 0 N–H and O–H groups in total. The molecule has 28 heavy (non-hydrogen) atoms. The normalized spacial score (nSPS) is 15.2. The summed E-state index contributed by atoms with van der Waals surface area (Å²) in [6, 6.07) is 10.4. The van der Waals surface area contributed by atoms with Gasteiger partial charge in [-0.3, -0.25) is 4.79 Å². The molecule has 1 saturated heterocycles. The monoisotopic (exact) mass is 448 g/mol. The van der Waals surface area contributed by atoms with E-state index in [9.17, 15) is 22.0 Å². The van der Waals surface area contributed by atoms with E-state index in [0.29, 0.717) is 0 Å². The van der Waals surface area contributed by atoms with Gasteiger partial charge in [0.15, 0.2) is 0 Å². The van der Waals surface area contributed by atoms with Gasteiger partial charge in [0.2, 0.25) is 9.84 Å². The number of nitrogens with zero attached hydrogens (tertiary/aromatic N) is 2. The number of piperazine rings is 1. The molecule has 1 amide bonds. The highest BCUT2D eigenvalue weighted by atomic mass is 35.5. The molecule has 0 unspecified atom stereocenters. The number of hydrogen-bond acceptors (Lipinski definition) is 4. The number of carbonyl (C=O) groups is 1. The van der Waals surface area contributed by atoms with E-state index in [4.69, 9.17) is 23.2 Å². The first-order valence-electron chi connectivity index (χ1n) is 8.33. The third-order valence-corrected chi connectivity index (χ3v) is 6.55.